The molecule has 3 amide bonds. The fraction of sp³-hybridized carbons (Fsp3) is 0.452. The summed E-state index contributed by atoms with van der Waals surface area (Å²) in [5, 5.41) is 14.8. The number of hydrogen-bond donors (Lipinski definition) is 5. The van der Waals surface area contributed by atoms with Gasteiger partial charge in [0.05, 0.1) is 10.9 Å². The molecule has 1 atom stereocenters. The molecule has 2 fully saturated rings. The summed E-state index contributed by atoms with van der Waals surface area (Å²) in [7, 11) is 0. The van der Waals surface area contributed by atoms with Gasteiger partial charge in [-0.3, -0.25) is 29.4 Å². The summed E-state index contributed by atoms with van der Waals surface area (Å²) in [5.41, 5.74) is 4.92. The number of alkyl carbamates (subject to hydrolysis) is 1. The molecule has 2 aliphatic rings. The first-order valence-electron chi connectivity index (χ1n) is 18.8. The Bertz CT molecular complexity index is 2010. The topological polar surface area (TPSA) is 162 Å². The lowest BCUT2D eigenvalue weighted by atomic mass is 9.77. The third-order valence-corrected chi connectivity index (χ3v) is 10.6. The van der Waals surface area contributed by atoms with E-state index in [2.05, 4.69) is 26.1 Å². The Balaban J connectivity index is 1.11. The molecule has 6 rings (SSSR count). The molecule has 0 bridgehead atoms. The van der Waals surface area contributed by atoms with Crippen LogP contribution in [0.25, 0.3) is 22.0 Å². The van der Waals surface area contributed by atoms with E-state index < -0.39 is 17.6 Å². The van der Waals surface area contributed by atoms with Gasteiger partial charge in [0, 0.05) is 42.1 Å². The van der Waals surface area contributed by atoms with Crippen molar-refractivity contribution in [2.24, 2.45) is 17.8 Å². The number of Topliss-reactive ketones (excluding diaryl/α,β-unsaturated/α-hetero) is 1. The maximum absolute atomic E-state index is 13.9. The third kappa shape index (κ3) is 9.82. The number of aromatic amines is 2. The number of carbonyl (C=O) groups excluding carboxylic acids is 4. The molecule has 53 heavy (non-hydrogen) atoms. The second-order valence-electron chi connectivity index (χ2n) is 15.8. The number of carbonyl (C=O) groups is 4. The molecule has 1 heterocycles. The van der Waals surface area contributed by atoms with Crippen molar-refractivity contribution >= 4 is 40.3 Å². The summed E-state index contributed by atoms with van der Waals surface area (Å²) in [5.74, 6) is -0.722. The SMILES string of the molecule is Cc1cc(C(=O)NC2CCC2)ccc1-c1ccc(C[C@H](CC(=O)C2CCC(CNC(=O)OC(C)(C)C)CC2)C(=O)Nc2ccc3c(=O)[nH][nH]c3c2)cc1. The van der Waals surface area contributed by atoms with Crippen LogP contribution in [0.15, 0.2) is 65.5 Å². The van der Waals surface area contributed by atoms with E-state index in [0.29, 0.717) is 48.0 Å². The number of benzene rings is 3. The number of amides is 3. The number of aromatic nitrogens is 2. The molecule has 2 saturated carbocycles. The Hall–Kier alpha value is -5.19. The monoisotopic (exact) mass is 721 g/mol. The molecule has 2 aliphatic carbocycles. The predicted octanol–water partition coefficient (Wildman–Crippen LogP) is 7.20. The van der Waals surface area contributed by atoms with E-state index in [-0.39, 0.29) is 47.5 Å². The van der Waals surface area contributed by atoms with Crippen molar-refractivity contribution in [1.82, 2.24) is 20.8 Å². The highest BCUT2D eigenvalue weighted by molar-refractivity contribution is 5.98. The summed E-state index contributed by atoms with van der Waals surface area (Å²) < 4.78 is 5.36. The fourth-order valence-electron chi connectivity index (χ4n) is 7.31. The highest BCUT2D eigenvalue weighted by Gasteiger charge is 2.31. The number of ketones is 1. The van der Waals surface area contributed by atoms with E-state index in [9.17, 15) is 24.0 Å². The average molecular weight is 722 g/mol. The fourth-order valence-corrected chi connectivity index (χ4v) is 7.31. The summed E-state index contributed by atoms with van der Waals surface area (Å²) in [6, 6.07) is 19.1. The van der Waals surface area contributed by atoms with Crippen LogP contribution < -0.4 is 21.5 Å². The Morgan fingerprint density at radius 3 is 2.28 bits per heavy atom. The highest BCUT2D eigenvalue weighted by Crippen LogP contribution is 2.32. The lowest BCUT2D eigenvalue weighted by Crippen LogP contribution is -2.39. The van der Waals surface area contributed by atoms with Gasteiger partial charge in [-0.25, -0.2) is 4.79 Å². The van der Waals surface area contributed by atoms with Gasteiger partial charge < -0.3 is 20.7 Å². The molecule has 11 nitrogen and oxygen atoms in total. The largest absolute Gasteiger partial charge is 0.444 e. The lowest BCUT2D eigenvalue weighted by Gasteiger charge is -2.29. The zero-order valence-electron chi connectivity index (χ0n) is 31.1. The third-order valence-electron chi connectivity index (χ3n) is 10.6. The summed E-state index contributed by atoms with van der Waals surface area (Å²) >= 11 is 0. The molecule has 0 unspecified atom stereocenters. The molecule has 3 aromatic carbocycles. The van der Waals surface area contributed by atoms with E-state index in [4.69, 9.17) is 4.74 Å². The van der Waals surface area contributed by atoms with Crippen LogP contribution in [0.2, 0.25) is 0 Å². The zero-order valence-corrected chi connectivity index (χ0v) is 31.1. The molecular formula is C42H51N5O6. The number of aryl methyl sites for hydroxylation is 1. The van der Waals surface area contributed by atoms with Gasteiger partial charge in [-0.15, -0.1) is 0 Å². The maximum atomic E-state index is 13.9. The van der Waals surface area contributed by atoms with Crippen molar-refractivity contribution in [1.29, 1.82) is 0 Å². The predicted molar refractivity (Wildman–Crippen MR) is 206 cm³/mol. The standard InChI is InChI=1S/C42H51N5O6/c1-25-20-30(38(49)44-32-6-5-7-32)16-18-34(25)28-12-8-26(9-13-28)21-31(39(50)45-33-17-19-35-36(23-33)46-47-40(35)51)22-37(48)29-14-10-27(11-15-29)24-43-41(52)53-42(2,3)4/h8-9,12-13,16-20,23,27,29,31-32H,5-7,10-11,14-15,21-22,24H2,1-4H3,(H,43,52)(H,44,49)(H,45,50)(H2,46,47,51)/t27?,29?,31-/m1/s1. The maximum Gasteiger partial charge on any atom is 0.407 e. The van der Waals surface area contributed by atoms with Gasteiger partial charge in [0.2, 0.25) is 5.91 Å². The van der Waals surface area contributed by atoms with Crippen LogP contribution in [-0.2, 0) is 20.7 Å². The van der Waals surface area contributed by atoms with Crippen molar-refractivity contribution < 1.29 is 23.9 Å². The second-order valence-corrected chi connectivity index (χ2v) is 15.8. The van der Waals surface area contributed by atoms with Gasteiger partial charge in [-0.2, -0.15) is 0 Å². The molecule has 5 N–H and O–H groups in total. The van der Waals surface area contributed by atoms with Crippen molar-refractivity contribution in [2.45, 2.75) is 97.1 Å². The first-order chi connectivity index (χ1) is 25.3. The zero-order chi connectivity index (χ0) is 37.7. The molecule has 0 saturated heterocycles. The quantitative estimate of drug-likeness (QED) is 0.104. The van der Waals surface area contributed by atoms with Crippen LogP contribution in [-0.4, -0.2) is 52.1 Å². The van der Waals surface area contributed by atoms with Gasteiger partial charge in [0.15, 0.2) is 0 Å². The molecule has 1 aromatic heterocycles. The van der Waals surface area contributed by atoms with Gasteiger partial charge in [0.25, 0.3) is 11.5 Å². The van der Waals surface area contributed by atoms with Crippen molar-refractivity contribution in [2.75, 3.05) is 11.9 Å². The average Bonchev–Trinajstić information content (AvgIpc) is 3.47. The molecule has 280 valence electrons. The van der Waals surface area contributed by atoms with Crippen molar-refractivity contribution in [3.05, 3.63) is 87.7 Å². The number of hydrogen-bond acceptors (Lipinski definition) is 6. The van der Waals surface area contributed by atoms with Crippen molar-refractivity contribution in [3.63, 3.8) is 0 Å². The Morgan fingerprint density at radius 1 is 0.887 bits per heavy atom. The van der Waals surface area contributed by atoms with Crippen LogP contribution >= 0.6 is 0 Å². The minimum atomic E-state index is -0.615. The number of rotatable bonds is 12. The van der Waals surface area contributed by atoms with Gasteiger partial charge in [-0.05, 0) is 138 Å². The lowest BCUT2D eigenvalue weighted by molar-refractivity contribution is -0.129. The second kappa shape index (κ2) is 16.2. The van der Waals surface area contributed by atoms with Gasteiger partial charge in [0.1, 0.15) is 11.4 Å². The Morgan fingerprint density at radius 2 is 1.62 bits per heavy atom. The first-order valence-corrected chi connectivity index (χ1v) is 18.8. The Labute approximate surface area is 310 Å². The van der Waals surface area contributed by atoms with E-state index in [1.54, 1.807) is 18.2 Å². The minimum absolute atomic E-state index is 0.0388. The Kier molecular flexibility index (Phi) is 11.5. The molecular weight excluding hydrogens is 670 g/mol. The number of anilines is 1. The van der Waals surface area contributed by atoms with Crippen molar-refractivity contribution in [3.8, 4) is 11.1 Å². The van der Waals surface area contributed by atoms with Crippen LogP contribution in [0, 0.1) is 24.7 Å². The normalized spacial score (nSPS) is 18.1. The van der Waals surface area contributed by atoms with Crippen LogP contribution in [0.1, 0.15) is 93.6 Å². The van der Waals surface area contributed by atoms with Gasteiger partial charge in [-0.1, -0.05) is 30.3 Å². The van der Waals surface area contributed by atoms with Crippen LogP contribution in [0.4, 0.5) is 10.5 Å². The summed E-state index contributed by atoms with van der Waals surface area (Å²) in [6.45, 7) is 7.99. The summed E-state index contributed by atoms with van der Waals surface area (Å²) in [4.78, 5) is 64.4. The van der Waals surface area contributed by atoms with Gasteiger partial charge >= 0.3 is 6.09 Å². The minimum Gasteiger partial charge on any atom is -0.444 e. The molecule has 11 heteroatoms. The van der Waals surface area contributed by atoms with Crippen LogP contribution in [0.3, 0.4) is 0 Å². The number of H-pyrrole nitrogens is 2. The van der Waals surface area contributed by atoms with Crippen LogP contribution in [0.5, 0.6) is 0 Å². The van der Waals surface area contributed by atoms with E-state index in [1.807, 2.05) is 70.2 Å². The molecule has 0 radical (unpaired) electrons. The van der Waals surface area contributed by atoms with E-state index >= 15 is 0 Å². The number of ether oxygens (including phenoxy) is 1. The molecule has 4 aromatic rings. The van der Waals surface area contributed by atoms with E-state index in [0.717, 1.165) is 54.4 Å². The molecule has 0 spiro atoms. The first kappa shape index (κ1) is 37.6. The molecule has 0 aliphatic heterocycles. The van der Waals surface area contributed by atoms with E-state index in [1.165, 1.54) is 0 Å². The highest BCUT2D eigenvalue weighted by atomic mass is 16.6. The number of fused-ring (bicyclic) bond motifs is 1. The smallest absolute Gasteiger partial charge is 0.407 e. The number of nitrogens with one attached hydrogen (secondary N) is 5. The summed E-state index contributed by atoms with van der Waals surface area (Å²) in [6.07, 6.45) is 6.31.